The van der Waals surface area contributed by atoms with Gasteiger partial charge < -0.3 is 4.90 Å². The van der Waals surface area contributed by atoms with E-state index >= 15 is 0 Å². The maximum absolute atomic E-state index is 12.3. The maximum atomic E-state index is 12.3. The van der Waals surface area contributed by atoms with Gasteiger partial charge in [0.15, 0.2) is 0 Å². The lowest BCUT2D eigenvalue weighted by Crippen LogP contribution is -2.29. The van der Waals surface area contributed by atoms with E-state index in [4.69, 9.17) is 23.2 Å². The van der Waals surface area contributed by atoms with Crippen molar-refractivity contribution in [1.82, 2.24) is 4.90 Å². The molecule has 0 bridgehead atoms. The van der Waals surface area contributed by atoms with Gasteiger partial charge in [-0.25, -0.2) is 0 Å². The second kappa shape index (κ2) is 5.51. The zero-order valence-electron chi connectivity index (χ0n) is 9.45. The number of carbonyl (C=O) groups is 1. The first kappa shape index (κ1) is 13.1. The predicted molar refractivity (Wildman–Crippen MR) is 73.4 cm³/mol. The average Bonchev–Trinajstić information content (AvgIpc) is 2.76. The molecule has 1 aromatic carbocycles. The fourth-order valence-electron chi connectivity index (χ4n) is 1.87. The number of hydrogen-bond acceptors (Lipinski definition) is 2. The van der Waals surface area contributed by atoms with E-state index in [-0.39, 0.29) is 11.3 Å². The van der Waals surface area contributed by atoms with Gasteiger partial charge in [-0.3, -0.25) is 4.79 Å². The highest BCUT2D eigenvalue weighted by Crippen LogP contribution is 2.26. The van der Waals surface area contributed by atoms with Crippen LogP contribution in [-0.2, 0) is 0 Å². The number of nitrogens with zero attached hydrogens (tertiary/aromatic N) is 1. The minimum Gasteiger partial charge on any atom is -0.337 e. The highest BCUT2D eigenvalue weighted by Gasteiger charge is 2.26. The van der Waals surface area contributed by atoms with Crippen LogP contribution < -0.4 is 0 Å². The summed E-state index contributed by atoms with van der Waals surface area (Å²) in [4.78, 5) is 15.1. The number of alkyl halides is 1. The standard InChI is InChI=1S/C12H13Cl2NOS/c1-17-9-2-3-11(14)10(6-9)12(16)15-5-4-8(13)7-15/h2-3,6,8H,4-5,7H2,1H3. The lowest BCUT2D eigenvalue weighted by atomic mass is 10.2. The molecule has 1 heterocycles. The molecule has 1 aliphatic heterocycles. The molecule has 0 aliphatic carbocycles. The Morgan fingerprint density at radius 3 is 2.88 bits per heavy atom. The molecule has 1 atom stereocenters. The van der Waals surface area contributed by atoms with Gasteiger partial charge >= 0.3 is 0 Å². The Hall–Kier alpha value is -0.380. The Kier molecular flexibility index (Phi) is 4.23. The minimum atomic E-state index is -0.0194. The van der Waals surface area contributed by atoms with E-state index in [1.54, 1.807) is 22.7 Å². The summed E-state index contributed by atoms with van der Waals surface area (Å²) in [6, 6.07) is 5.53. The molecular formula is C12H13Cl2NOS. The number of likely N-dealkylation sites (tertiary alicyclic amines) is 1. The van der Waals surface area contributed by atoms with Crippen molar-refractivity contribution in [3.05, 3.63) is 28.8 Å². The van der Waals surface area contributed by atoms with Crippen molar-refractivity contribution in [2.24, 2.45) is 0 Å². The van der Waals surface area contributed by atoms with Gasteiger partial charge in [-0.15, -0.1) is 23.4 Å². The predicted octanol–water partition coefficient (Wildman–Crippen LogP) is 3.52. The number of carbonyl (C=O) groups excluding carboxylic acids is 1. The molecule has 17 heavy (non-hydrogen) atoms. The Bertz CT molecular complexity index is 439. The summed E-state index contributed by atoms with van der Waals surface area (Å²) in [5.41, 5.74) is 0.573. The molecule has 0 spiro atoms. The van der Waals surface area contributed by atoms with Crippen molar-refractivity contribution in [1.29, 1.82) is 0 Å². The molecule has 1 aliphatic rings. The molecule has 1 aromatic rings. The number of rotatable bonds is 2. The number of amides is 1. The van der Waals surface area contributed by atoms with Crippen molar-refractivity contribution < 1.29 is 4.79 Å². The average molecular weight is 290 g/mol. The highest BCUT2D eigenvalue weighted by molar-refractivity contribution is 7.98. The normalized spacial score (nSPS) is 19.7. The fourth-order valence-corrected chi connectivity index (χ4v) is 2.77. The number of benzene rings is 1. The zero-order valence-corrected chi connectivity index (χ0v) is 11.8. The molecule has 1 saturated heterocycles. The number of halogens is 2. The lowest BCUT2D eigenvalue weighted by molar-refractivity contribution is 0.0793. The first-order valence-electron chi connectivity index (χ1n) is 5.38. The van der Waals surface area contributed by atoms with Crippen molar-refractivity contribution >= 4 is 40.9 Å². The maximum Gasteiger partial charge on any atom is 0.255 e. The van der Waals surface area contributed by atoms with Crippen LogP contribution in [0.4, 0.5) is 0 Å². The van der Waals surface area contributed by atoms with Crippen LogP contribution in [0.15, 0.2) is 23.1 Å². The summed E-state index contributed by atoms with van der Waals surface area (Å²) in [5.74, 6) is -0.0194. The third kappa shape index (κ3) is 2.90. The van der Waals surface area contributed by atoms with Crippen LogP contribution in [0.1, 0.15) is 16.8 Å². The van der Waals surface area contributed by atoms with E-state index in [0.717, 1.165) is 11.3 Å². The fraction of sp³-hybridized carbons (Fsp3) is 0.417. The first-order valence-corrected chi connectivity index (χ1v) is 7.42. The quantitative estimate of drug-likeness (QED) is 0.613. The third-order valence-electron chi connectivity index (χ3n) is 2.82. The molecule has 2 nitrogen and oxygen atoms in total. The van der Waals surface area contributed by atoms with E-state index in [1.165, 1.54) is 0 Å². The van der Waals surface area contributed by atoms with Crippen LogP contribution in [0.25, 0.3) is 0 Å². The molecular weight excluding hydrogens is 277 g/mol. The summed E-state index contributed by atoms with van der Waals surface area (Å²) in [5, 5.41) is 0.576. The molecule has 5 heteroatoms. The highest BCUT2D eigenvalue weighted by atomic mass is 35.5. The van der Waals surface area contributed by atoms with Gasteiger partial charge in [-0.2, -0.15) is 0 Å². The van der Waals surface area contributed by atoms with E-state index in [2.05, 4.69) is 0 Å². The van der Waals surface area contributed by atoms with Gasteiger partial charge in [0.05, 0.1) is 16.0 Å². The SMILES string of the molecule is CSc1ccc(Cl)c(C(=O)N2CCC(Cl)C2)c1. The monoisotopic (exact) mass is 289 g/mol. The van der Waals surface area contributed by atoms with E-state index in [1.807, 2.05) is 18.4 Å². The molecule has 1 unspecified atom stereocenters. The molecule has 92 valence electrons. The molecule has 2 rings (SSSR count). The number of hydrogen-bond donors (Lipinski definition) is 0. The lowest BCUT2D eigenvalue weighted by Gasteiger charge is -2.16. The van der Waals surface area contributed by atoms with Crippen LogP contribution >= 0.6 is 35.0 Å². The molecule has 0 N–H and O–H groups in total. The van der Waals surface area contributed by atoms with E-state index in [0.29, 0.717) is 23.7 Å². The second-order valence-electron chi connectivity index (χ2n) is 3.98. The summed E-state index contributed by atoms with van der Waals surface area (Å²) < 4.78 is 0. The van der Waals surface area contributed by atoms with Gasteiger partial charge in [-0.05, 0) is 30.9 Å². The van der Waals surface area contributed by atoms with Crippen molar-refractivity contribution in [2.75, 3.05) is 19.3 Å². The summed E-state index contributed by atoms with van der Waals surface area (Å²) in [6.45, 7) is 1.33. The molecule has 0 radical (unpaired) electrons. The second-order valence-corrected chi connectivity index (χ2v) is 5.89. The van der Waals surface area contributed by atoms with Crippen LogP contribution in [0.2, 0.25) is 5.02 Å². The Morgan fingerprint density at radius 2 is 2.29 bits per heavy atom. The third-order valence-corrected chi connectivity index (χ3v) is 4.23. The van der Waals surface area contributed by atoms with Crippen LogP contribution in [0, 0.1) is 0 Å². The van der Waals surface area contributed by atoms with Gasteiger partial charge in [0.25, 0.3) is 5.91 Å². The molecule has 0 saturated carbocycles. The molecule has 1 amide bonds. The molecule has 1 fully saturated rings. The minimum absolute atomic E-state index is 0.0194. The van der Waals surface area contributed by atoms with Crippen LogP contribution in [-0.4, -0.2) is 35.5 Å². The van der Waals surface area contributed by atoms with E-state index < -0.39 is 0 Å². The summed E-state index contributed by atoms with van der Waals surface area (Å²) in [6.07, 6.45) is 2.83. The van der Waals surface area contributed by atoms with Gasteiger partial charge in [0.2, 0.25) is 0 Å². The van der Waals surface area contributed by atoms with Crippen molar-refractivity contribution in [2.45, 2.75) is 16.7 Å². The van der Waals surface area contributed by atoms with Crippen molar-refractivity contribution in [3.8, 4) is 0 Å². The van der Waals surface area contributed by atoms with E-state index in [9.17, 15) is 4.79 Å². The summed E-state index contributed by atoms with van der Waals surface area (Å²) >= 11 is 13.7. The smallest absolute Gasteiger partial charge is 0.255 e. The Labute approximate surface area is 115 Å². The summed E-state index contributed by atoms with van der Waals surface area (Å²) in [7, 11) is 0. The zero-order chi connectivity index (χ0) is 12.4. The van der Waals surface area contributed by atoms with Gasteiger partial charge in [0.1, 0.15) is 0 Å². The van der Waals surface area contributed by atoms with Crippen LogP contribution in [0.5, 0.6) is 0 Å². The Morgan fingerprint density at radius 1 is 1.53 bits per heavy atom. The van der Waals surface area contributed by atoms with Gasteiger partial charge in [-0.1, -0.05) is 11.6 Å². The van der Waals surface area contributed by atoms with Gasteiger partial charge in [0, 0.05) is 18.0 Å². The first-order chi connectivity index (χ1) is 8.11. The number of thioether (sulfide) groups is 1. The van der Waals surface area contributed by atoms with Crippen molar-refractivity contribution in [3.63, 3.8) is 0 Å². The molecule has 0 aromatic heterocycles. The Balaban J connectivity index is 2.24. The topological polar surface area (TPSA) is 20.3 Å². The largest absolute Gasteiger partial charge is 0.337 e. The van der Waals surface area contributed by atoms with Crippen LogP contribution in [0.3, 0.4) is 0 Å².